The first-order valence-corrected chi connectivity index (χ1v) is 5.15. The zero-order valence-electron chi connectivity index (χ0n) is 5.74. The number of rotatable bonds is 3. The molecule has 0 heterocycles. The van der Waals surface area contributed by atoms with Gasteiger partial charge in [-0.15, -0.1) is 0 Å². The average Bonchev–Trinajstić information content (AvgIpc) is 1.67. The van der Waals surface area contributed by atoms with Crippen LogP contribution in [0, 0.1) is 5.92 Å². The van der Waals surface area contributed by atoms with Gasteiger partial charge in [0.1, 0.15) is 0 Å². The zero-order valence-corrected chi connectivity index (χ0v) is 7.90. The molecule has 1 nitrogen and oxygen atoms in total. The summed E-state index contributed by atoms with van der Waals surface area (Å²) in [5, 5.41) is 0. The molecule has 1 N–H and O–H groups in total. The van der Waals surface area contributed by atoms with Crippen LogP contribution >= 0.6 is 0 Å². The average molecular weight is 227 g/mol. The Bertz CT molecular complexity index is 70.9. The Morgan fingerprint density at radius 1 is 1.38 bits per heavy atom. The van der Waals surface area contributed by atoms with Gasteiger partial charge in [0, 0.05) is 0 Å². The monoisotopic (exact) mass is 227 g/mol. The number of nitrogens with one attached hydrogen (secondary N) is 1. The van der Waals surface area contributed by atoms with Gasteiger partial charge in [-0.1, -0.05) is 0 Å². The van der Waals surface area contributed by atoms with Gasteiger partial charge in [-0.2, -0.15) is 0 Å². The molecule has 0 saturated heterocycles. The van der Waals surface area contributed by atoms with E-state index in [0.717, 1.165) is 9.84 Å². The first-order chi connectivity index (χ1) is 3.68. The van der Waals surface area contributed by atoms with Crippen LogP contribution < -0.4 is 24.7 Å². The Labute approximate surface area is 62.2 Å². The molecule has 0 aromatic rings. The molecule has 0 aromatic heterocycles. The minimum atomic E-state index is 0.164. The SMILES string of the molecule is C=[NH+][I-][C@H](C)C(C)C. The van der Waals surface area contributed by atoms with Gasteiger partial charge in [-0.25, -0.2) is 0 Å². The van der Waals surface area contributed by atoms with Crippen LogP contribution in [0.3, 0.4) is 0 Å². The molecule has 8 heavy (non-hydrogen) atoms. The molecule has 0 aliphatic heterocycles. The molecule has 0 rings (SSSR count). The Morgan fingerprint density at radius 3 is 2.00 bits per heavy atom. The van der Waals surface area contributed by atoms with Crippen molar-refractivity contribution in [1.29, 1.82) is 0 Å². The summed E-state index contributed by atoms with van der Waals surface area (Å²) in [7, 11) is 0. The van der Waals surface area contributed by atoms with Gasteiger partial charge >= 0.3 is 62.0 Å². The van der Waals surface area contributed by atoms with E-state index in [-0.39, 0.29) is 21.5 Å². The van der Waals surface area contributed by atoms with Gasteiger partial charge in [-0.05, 0) is 0 Å². The number of alkyl halides is 1. The molecule has 2 heteroatoms. The molecular weight excluding hydrogens is 213 g/mol. The molecule has 0 radical (unpaired) electrons. The fourth-order valence-corrected chi connectivity index (χ4v) is 1.66. The third-order valence-corrected chi connectivity index (χ3v) is 4.03. The van der Waals surface area contributed by atoms with Crippen molar-refractivity contribution in [3.63, 3.8) is 0 Å². The molecule has 0 fully saturated rings. The summed E-state index contributed by atoms with van der Waals surface area (Å²) in [6.07, 6.45) is 0. The Balaban J connectivity index is 3.30. The summed E-state index contributed by atoms with van der Waals surface area (Å²) < 4.78 is 3.86. The molecule has 0 amide bonds. The quantitative estimate of drug-likeness (QED) is 0.226. The van der Waals surface area contributed by atoms with E-state index in [1.807, 2.05) is 0 Å². The summed E-state index contributed by atoms with van der Waals surface area (Å²) in [6, 6.07) is 0. The molecule has 50 valence electrons. The summed E-state index contributed by atoms with van der Waals surface area (Å²) in [4.78, 5) is 0. The van der Waals surface area contributed by atoms with E-state index in [4.69, 9.17) is 0 Å². The Kier molecular flexibility index (Phi) is 4.51. The van der Waals surface area contributed by atoms with Gasteiger partial charge < -0.3 is 0 Å². The predicted molar refractivity (Wildman–Crippen MR) is 32.4 cm³/mol. The van der Waals surface area contributed by atoms with Crippen molar-refractivity contribution in [1.82, 2.24) is 0 Å². The fraction of sp³-hybridized carbons (Fsp3) is 0.833. The molecule has 1 atom stereocenters. The van der Waals surface area contributed by atoms with Crippen LogP contribution in [0.1, 0.15) is 20.8 Å². The van der Waals surface area contributed by atoms with E-state index in [2.05, 4.69) is 30.7 Å². The molecule has 0 bridgehead atoms. The molecule has 0 aliphatic carbocycles. The standard InChI is InChI=1S/C6H14IN/c1-5(2)6(3)7-8-4/h5-6,8H,4H2,1-3H3/t6-/m1/s1. The van der Waals surface area contributed by atoms with Crippen LogP contribution in [-0.2, 0) is 0 Å². The van der Waals surface area contributed by atoms with Crippen molar-refractivity contribution in [2.24, 2.45) is 5.92 Å². The normalized spacial score (nSPS) is 14.5. The van der Waals surface area contributed by atoms with Crippen molar-refractivity contribution < 1.29 is 24.7 Å². The van der Waals surface area contributed by atoms with Crippen LogP contribution in [0.25, 0.3) is 0 Å². The molecule has 0 spiro atoms. The van der Waals surface area contributed by atoms with Crippen LogP contribution in [0.2, 0.25) is 0 Å². The van der Waals surface area contributed by atoms with E-state index >= 15 is 0 Å². The van der Waals surface area contributed by atoms with Gasteiger partial charge in [0.05, 0.1) is 0 Å². The second-order valence-electron chi connectivity index (χ2n) is 2.16. The Morgan fingerprint density at radius 2 is 1.88 bits per heavy atom. The van der Waals surface area contributed by atoms with Gasteiger partial charge in [-0.3, -0.25) is 0 Å². The minimum absolute atomic E-state index is 0.164. The third kappa shape index (κ3) is 3.41. The molecule has 0 unspecified atom stereocenters. The van der Waals surface area contributed by atoms with Gasteiger partial charge in [0.25, 0.3) is 0 Å². The van der Waals surface area contributed by atoms with Crippen LogP contribution in [0.4, 0.5) is 0 Å². The summed E-state index contributed by atoms with van der Waals surface area (Å²) >= 11 is 0.164. The first-order valence-electron chi connectivity index (χ1n) is 2.83. The van der Waals surface area contributed by atoms with Crippen molar-refractivity contribution in [2.75, 3.05) is 0 Å². The second kappa shape index (κ2) is 4.30. The molecule has 0 saturated carbocycles. The maximum absolute atomic E-state index is 3.61. The topological polar surface area (TPSA) is 14.0 Å². The van der Waals surface area contributed by atoms with Crippen molar-refractivity contribution in [2.45, 2.75) is 24.7 Å². The van der Waals surface area contributed by atoms with E-state index in [0.29, 0.717) is 0 Å². The Hall–Kier alpha value is 0.400. The van der Waals surface area contributed by atoms with E-state index in [1.54, 1.807) is 0 Å². The first kappa shape index (κ1) is 8.40. The van der Waals surface area contributed by atoms with Crippen LogP contribution in [-0.4, -0.2) is 10.6 Å². The van der Waals surface area contributed by atoms with E-state index in [1.165, 1.54) is 0 Å². The molecule has 0 aliphatic rings. The summed E-state index contributed by atoms with van der Waals surface area (Å²) in [6.45, 7) is 10.4. The number of hydrogen-bond donors (Lipinski definition) is 1. The van der Waals surface area contributed by atoms with Crippen molar-refractivity contribution in [3.05, 3.63) is 0 Å². The van der Waals surface area contributed by atoms with Gasteiger partial charge in [0.2, 0.25) is 0 Å². The van der Waals surface area contributed by atoms with E-state index in [9.17, 15) is 0 Å². The number of hydrogen-bond acceptors (Lipinski definition) is 0. The summed E-state index contributed by atoms with van der Waals surface area (Å²) in [5.74, 6) is 0.817. The second-order valence-corrected chi connectivity index (χ2v) is 5.51. The maximum atomic E-state index is 3.61. The summed E-state index contributed by atoms with van der Waals surface area (Å²) in [5.41, 5.74) is 0. The van der Waals surface area contributed by atoms with E-state index < -0.39 is 0 Å². The molecular formula is C6H14IN. The fourth-order valence-electron chi connectivity index (χ4n) is 0.248. The predicted octanol–water partition coefficient (Wildman–Crippen LogP) is -3.18. The zero-order chi connectivity index (χ0) is 6.57. The van der Waals surface area contributed by atoms with Crippen LogP contribution in [0.15, 0.2) is 0 Å². The van der Waals surface area contributed by atoms with Crippen molar-refractivity contribution in [3.8, 4) is 0 Å². The van der Waals surface area contributed by atoms with Gasteiger partial charge in [0.15, 0.2) is 0 Å². The number of halogens is 1. The van der Waals surface area contributed by atoms with Crippen LogP contribution in [0.5, 0.6) is 0 Å². The molecule has 0 aromatic carbocycles. The van der Waals surface area contributed by atoms with Crippen molar-refractivity contribution >= 4 is 6.72 Å². The third-order valence-electron chi connectivity index (χ3n) is 1.17.